The van der Waals surface area contributed by atoms with Crippen LogP contribution >= 0.6 is 0 Å². The molecule has 29 heavy (non-hydrogen) atoms. The first-order chi connectivity index (χ1) is 13.9. The first-order valence-electron chi connectivity index (χ1n) is 9.78. The van der Waals surface area contributed by atoms with Gasteiger partial charge in [0.25, 0.3) is 0 Å². The summed E-state index contributed by atoms with van der Waals surface area (Å²) in [7, 11) is 0. The Bertz CT molecular complexity index is 892. The van der Waals surface area contributed by atoms with Crippen molar-refractivity contribution in [3.05, 3.63) is 58.7 Å². The molecule has 1 aliphatic carbocycles. The van der Waals surface area contributed by atoms with E-state index in [0.717, 1.165) is 24.0 Å². The van der Waals surface area contributed by atoms with E-state index < -0.39 is 12.0 Å². The van der Waals surface area contributed by atoms with Crippen LogP contribution in [0, 0.1) is 5.41 Å². The molecule has 1 saturated carbocycles. The number of nitrogen functional groups attached to an aromatic ring is 1. The third-order valence-corrected chi connectivity index (χ3v) is 5.05. The predicted molar refractivity (Wildman–Crippen MR) is 112 cm³/mol. The van der Waals surface area contributed by atoms with Crippen molar-refractivity contribution in [2.75, 3.05) is 18.5 Å². The first kappa shape index (κ1) is 20.7. The number of benzene rings is 2. The van der Waals surface area contributed by atoms with Crippen molar-refractivity contribution < 1.29 is 19.7 Å². The number of aliphatic hydroxyl groups excluding tert-OH is 1. The Balaban J connectivity index is 2.01. The average Bonchev–Trinajstić information content (AvgIpc) is 3.55. The highest BCUT2D eigenvalue weighted by molar-refractivity contribution is 5.95. The van der Waals surface area contributed by atoms with Gasteiger partial charge in [-0.3, -0.25) is 5.41 Å². The van der Waals surface area contributed by atoms with E-state index in [4.69, 9.17) is 15.9 Å². The summed E-state index contributed by atoms with van der Waals surface area (Å²) < 4.78 is 5.78. The van der Waals surface area contributed by atoms with Crippen LogP contribution in [0.5, 0.6) is 5.75 Å². The molecule has 2 aromatic carbocycles. The second-order valence-electron chi connectivity index (χ2n) is 7.20. The van der Waals surface area contributed by atoms with Crippen LogP contribution in [0.4, 0.5) is 5.69 Å². The van der Waals surface area contributed by atoms with E-state index in [1.807, 2.05) is 13.0 Å². The van der Waals surface area contributed by atoms with Crippen molar-refractivity contribution in [2.45, 2.75) is 38.1 Å². The summed E-state index contributed by atoms with van der Waals surface area (Å²) in [5, 5.41) is 29.7. The van der Waals surface area contributed by atoms with Crippen LogP contribution in [0.1, 0.15) is 54.0 Å². The number of carboxylic acids is 1. The van der Waals surface area contributed by atoms with E-state index >= 15 is 0 Å². The zero-order chi connectivity index (χ0) is 21.0. The molecule has 0 aliphatic heterocycles. The van der Waals surface area contributed by atoms with Crippen LogP contribution in [0.25, 0.3) is 0 Å². The van der Waals surface area contributed by atoms with E-state index in [0.29, 0.717) is 34.9 Å². The minimum atomic E-state index is -1.02. The van der Waals surface area contributed by atoms with Gasteiger partial charge >= 0.3 is 5.97 Å². The monoisotopic (exact) mass is 397 g/mol. The third kappa shape index (κ3) is 4.86. The van der Waals surface area contributed by atoms with Gasteiger partial charge in [0.2, 0.25) is 0 Å². The number of anilines is 1. The summed E-state index contributed by atoms with van der Waals surface area (Å²) in [6.07, 6.45) is 2.92. The van der Waals surface area contributed by atoms with Crippen LogP contribution in [0.15, 0.2) is 36.4 Å². The van der Waals surface area contributed by atoms with E-state index in [9.17, 15) is 15.0 Å². The van der Waals surface area contributed by atoms with Gasteiger partial charge in [0.1, 0.15) is 18.2 Å². The molecule has 1 atom stereocenters. The van der Waals surface area contributed by atoms with Gasteiger partial charge < -0.3 is 26.0 Å². The van der Waals surface area contributed by atoms with Crippen molar-refractivity contribution in [2.24, 2.45) is 5.73 Å². The number of aliphatic carboxylic acids is 1. The number of aliphatic hydroxyl groups is 1. The van der Waals surface area contributed by atoms with E-state index in [2.05, 4.69) is 11.4 Å². The summed E-state index contributed by atoms with van der Waals surface area (Å²) in [5.74, 6) is -0.0818. The molecule has 154 valence electrons. The molecule has 1 aliphatic rings. The van der Waals surface area contributed by atoms with Crippen molar-refractivity contribution in [3.8, 4) is 5.75 Å². The predicted octanol–water partition coefficient (Wildman–Crippen LogP) is 3.02. The van der Waals surface area contributed by atoms with E-state index in [1.54, 1.807) is 24.3 Å². The lowest BCUT2D eigenvalue weighted by Gasteiger charge is -2.23. The van der Waals surface area contributed by atoms with Crippen molar-refractivity contribution in [3.63, 3.8) is 0 Å². The Morgan fingerprint density at radius 1 is 1.31 bits per heavy atom. The number of hydrogen-bond donors (Lipinski definition) is 5. The molecule has 1 unspecified atom stereocenters. The molecule has 0 amide bonds. The summed E-state index contributed by atoms with van der Waals surface area (Å²) in [5.41, 5.74) is 9.29. The maximum atomic E-state index is 12.2. The van der Waals surface area contributed by atoms with Gasteiger partial charge in [-0.05, 0) is 66.6 Å². The Morgan fingerprint density at radius 3 is 2.52 bits per heavy atom. The summed E-state index contributed by atoms with van der Waals surface area (Å²) in [6.45, 7) is 1.96. The Labute approximate surface area is 170 Å². The number of aryl methyl sites for hydroxylation is 1. The number of carbonyl (C=O) groups is 1. The molecule has 7 nitrogen and oxygen atoms in total. The van der Waals surface area contributed by atoms with Crippen molar-refractivity contribution >= 4 is 17.5 Å². The average molecular weight is 397 g/mol. The maximum absolute atomic E-state index is 12.2. The molecule has 0 bridgehead atoms. The fraction of sp³-hybridized carbons (Fsp3) is 0.364. The normalized spacial score (nSPS) is 14.3. The molecule has 0 aromatic heterocycles. The third-order valence-electron chi connectivity index (χ3n) is 5.05. The lowest BCUT2D eigenvalue weighted by Crippen LogP contribution is -2.22. The second kappa shape index (κ2) is 8.96. The zero-order valence-electron chi connectivity index (χ0n) is 16.4. The Morgan fingerprint density at radius 2 is 2.00 bits per heavy atom. The molecule has 0 radical (unpaired) electrons. The number of rotatable bonds is 10. The van der Waals surface area contributed by atoms with Gasteiger partial charge in [-0.1, -0.05) is 13.0 Å². The molecule has 0 spiro atoms. The Kier molecular flexibility index (Phi) is 6.39. The van der Waals surface area contributed by atoms with Gasteiger partial charge in [0.15, 0.2) is 6.04 Å². The highest BCUT2D eigenvalue weighted by Crippen LogP contribution is 2.44. The van der Waals surface area contributed by atoms with Gasteiger partial charge in [-0.25, -0.2) is 4.79 Å². The molecular weight excluding hydrogens is 370 g/mol. The van der Waals surface area contributed by atoms with Crippen LogP contribution in [0.2, 0.25) is 0 Å². The number of hydrogen-bond acceptors (Lipinski definition) is 5. The summed E-state index contributed by atoms with van der Waals surface area (Å²) in [6, 6.07) is 9.73. The summed E-state index contributed by atoms with van der Waals surface area (Å²) in [4.78, 5) is 12.2. The highest BCUT2D eigenvalue weighted by atomic mass is 16.5. The molecule has 3 rings (SSSR count). The standard InChI is InChI=1S/C22H27N3O4/c1-2-13-11-16(14-3-4-14)12-18(20(13)29-10-9-26)19(22(27)28)25-17-7-5-15(6-8-17)21(23)24/h5-8,11-12,14,19,25-26H,2-4,9-10H2,1H3,(H3,23,24)(H,27,28). The van der Waals surface area contributed by atoms with Crippen molar-refractivity contribution in [1.82, 2.24) is 0 Å². The number of nitrogens with one attached hydrogen (secondary N) is 2. The van der Waals surface area contributed by atoms with Gasteiger partial charge in [-0.2, -0.15) is 0 Å². The lowest BCUT2D eigenvalue weighted by atomic mass is 9.95. The topological polar surface area (TPSA) is 129 Å². The maximum Gasteiger partial charge on any atom is 0.330 e. The van der Waals surface area contributed by atoms with Gasteiger partial charge in [0.05, 0.1) is 6.61 Å². The van der Waals surface area contributed by atoms with E-state index in [1.165, 1.54) is 0 Å². The first-order valence-corrected chi connectivity index (χ1v) is 9.78. The van der Waals surface area contributed by atoms with Crippen molar-refractivity contribution in [1.29, 1.82) is 5.41 Å². The van der Waals surface area contributed by atoms with Crippen LogP contribution in [-0.4, -0.2) is 35.2 Å². The van der Waals surface area contributed by atoms with Crippen LogP contribution in [-0.2, 0) is 11.2 Å². The molecule has 2 aromatic rings. The highest BCUT2D eigenvalue weighted by Gasteiger charge is 2.30. The lowest BCUT2D eigenvalue weighted by molar-refractivity contribution is -0.138. The molecule has 1 fully saturated rings. The van der Waals surface area contributed by atoms with E-state index in [-0.39, 0.29) is 19.0 Å². The number of carboxylic acid groups (broad SMARTS) is 1. The van der Waals surface area contributed by atoms with Gasteiger partial charge in [0, 0.05) is 16.8 Å². The number of ether oxygens (including phenoxy) is 1. The number of amidine groups is 1. The summed E-state index contributed by atoms with van der Waals surface area (Å²) >= 11 is 0. The zero-order valence-corrected chi connectivity index (χ0v) is 16.4. The fourth-order valence-corrected chi connectivity index (χ4v) is 3.38. The minimum absolute atomic E-state index is 0.0456. The molecule has 6 N–H and O–H groups in total. The smallest absolute Gasteiger partial charge is 0.330 e. The van der Waals surface area contributed by atoms with Crippen LogP contribution in [0.3, 0.4) is 0 Å². The largest absolute Gasteiger partial charge is 0.491 e. The number of nitrogens with two attached hydrogens (primary N) is 1. The fourth-order valence-electron chi connectivity index (χ4n) is 3.38. The van der Waals surface area contributed by atoms with Gasteiger partial charge in [-0.15, -0.1) is 0 Å². The second-order valence-corrected chi connectivity index (χ2v) is 7.20. The molecule has 0 saturated heterocycles. The quantitative estimate of drug-likeness (QED) is 0.310. The molecular formula is C22H27N3O4. The SMILES string of the molecule is CCc1cc(C2CC2)cc(C(Nc2ccc(C(=N)N)cc2)C(=O)O)c1OCCO. The molecule has 0 heterocycles. The Hall–Kier alpha value is -3.06. The molecule has 7 heteroatoms. The van der Waals surface area contributed by atoms with Crippen LogP contribution < -0.4 is 15.8 Å². The minimum Gasteiger partial charge on any atom is -0.491 e.